The van der Waals surface area contributed by atoms with Gasteiger partial charge in [0.25, 0.3) is 16.0 Å². The molecule has 0 saturated heterocycles. The highest BCUT2D eigenvalue weighted by Gasteiger charge is 2.20. The largest absolute Gasteiger partial charge is 0.305 e. The van der Waals surface area contributed by atoms with Gasteiger partial charge in [0.05, 0.1) is 4.90 Å². The summed E-state index contributed by atoms with van der Waals surface area (Å²) >= 11 is 0. The topological polar surface area (TPSA) is 74.7 Å². The normalized spacial score (nSPS) is 16.2. The van der Waals surface area contributed by atoms with Crippen LogP contribution in [0.4, 0.5) is 5.69 Å². The zero-order valence-electron chi connectivity index (χ0n) is 9.12. The minimum atomic E-state index is -4.18. The standard InChI is InChI=1S/C11H11NO4S/c1-8-6-11(13)12(7-8)9-2-4-10(5-3-9)17(14,15)16/h2-6H,7H2,1H3,(H,14,15,16). The van der Waals surface area contributed by atoms with E-state index in [1.54, 1.807) is 0 Å². The number of hydrogen-bond donors (Lipinski definition) is 1. The van der Waals surface area contributed by atoms with Crippen LogP contribution in [0.1, 0.15) is 6.92 Å². The zero-order valence-corrected chi connectivity index (χ0v) is 9.94. The fourth-order valence-electron chi connectivity index (χ4n) is 1.68. The molecule has 0 bridgehead atoms. The van der Waals surface area contributed by atoms with Crippen LogP contribution in [0.15, 0.2) is 40.8 Å². The minimum absolute atomic E-state index is 0.123. The first-order valence-corrected chi connectivity index (χ1v) is 6.38. The van der Waals surface area contributed by atoms with Gasteiger partial charge in [-0.2, -0.15) is 8.42 Å². The minimum Gasteiger partial charge on any atom is -0.305 e. The number of carbonyl (C=O) groups excluding carboxylic acids is 1. The van der Waals surface area contributed by atoms with Crippen LogP contribution in [0, 0.1) is 0 Å². The predicted molar refractivity (Wildman–Crippen MR) is 62.4 cm³/mol. The molecule has 1 amide bonds. The second-order valence-electron chi connectivity index (χ2n) is 3.88. The van der Waals surface area contributed by atoms with Crippen molar-refractivity contribution in [3.63, 3.8) is 0 Å². The van der Waals surface area contributed by atoms with E-state index in [2.05, 4.69) is 0 Å². The molecule has 1 aromatic rings. The molecule has 0 radical (unpaired) electrons. The van der Waals surface area contributed by atoms with Gasteiger partial charge in [-0.05, 0) is 36.8 Å². The number of nitrogens with zero attached hydrogens (tertiary/aromatic N) is 1. The Morgan fingerprint density at radius 1 is 1.24 bits per heavy atom. The highest BCUT2D eigenvalue weighted by molar-refractivity contribution is 7.85. The van der Waals surface area contributed by atoms with E-state index in [-0.39, 0.29) is 10.8 Å². The second kappa shape index (κ2) is 3.97. The molecular weight excluding hydrogens is 242 g/mol. The number of rotatable bonds is 2. The Kier molecular flexibility index (Phi) is 2.76. The summed E-state index contributed by atoms with van der Waals surface area (Å²) in [7, 11) is -4.18. The van der Waals surface area contributed by atoms with E-state index < -0.39 is 10.1 Å². The molecule has 0 aromatic heterocycles. The fourth-order valence-corrected chi connectivity index (χ4v) is 2.16. The molecule has 0 atom stereocenters. The van der Waals surface area contributed by atoms with Gasteiger partial charge in [0.1, 0.15) is 0 Å². The lowest BCUT2D eigenvalue weighted by Gasteiger charge is -2.16. The van der Waals surface area contributed by atoms with E-state index in [1.807, 2.05) is 6.92 Å². The van der Waals surface area contributed by atoms with Crippen molar-refractivity contribution in [2.24, 2.45) is 0 Å². The monoisotopic (exact) mass is 253 g/mol. The van der Waals surface area contributed by atoms with Crippen LogP contribution >= 0.6 is 0 Å². The summed E-state index contributed by atoms with van der Waals surface area (Å²) in [6.07, 6.45) is 1.54. The molecule has 1 heterocycles. The Balaban J connectivity index is 2.29. The van der Waals surface area contributed by atoms with Crippen LogP contribution < -0.4 is 4.90 Å². The van der Waals surface area contributed by atoms with Crippen molar-refractivity contribution < 1.29 is 17.8 Å². The summed E-state index contributed by atoms with van der Waals surface area (Å²) in [5, 5.41) is 0. The lowest BCUT2D eigenvalue weighted by atomic mass is 10.3. The van der Waals surface area contributed by atoms with Crippen molar-refractivity contribution in [2.45, 2.75) is 11.8 Å². The SMILES string of the molecule is CC1=CC(=O)N(c2ccc(S(=O)(=O)O)cc2)C1. The van der Waals surface area contributed by atoms with Crippen LogP contribution in [-0.2, 0) is 14.9 Å². The molecule has 0 fully saturated rings. The molecule has 0 saturated carbocycles. The Labute approximate surface area is 99.1 Å². The van der Waals surface area contributed by atoms with E-state index in [0.717, 1.165) is 5.57 Å². The second-order valence-corrected chi connectivity index (χ2v) is 5.31. The summed E-state index contributed by atoms with van der Waals surface area (Å²) in [4.78, 5) is 12.9. The lowest BCUT2D eigenvalue weighted by Crippen LogP contribution is -2.25. The van der Waals surface area contributed by atoms with Gasteiger partial charge in [-0.3, -0.25) is 9.35 Å². The average Bonchev–Trinajstić information content (AvgIpc) is 2.57. The van der Waals surface area contributed by atoms with Crippen LogP contribution in [-0.4, -0.2) is 25.4 Å². The van der Waals surface area contributed by atoms with Crippen molar-refractivity contribution in [1.29, 1.82) is 0 Å². The van der Waals surface area contributed by atoms with E-state index >= 15 is 0 Å². The molecule has 0 aliphatic carbocycles. The van der Waals surface area contributed by atoms with Gasteiger partial charge in [0.15, 0.2) is 0 Å². The molecule has 90 valence electrons. The number of amides is 1. The molecule has 5 nitrogen and oxygen atoms in total. The first-order chi connectivity index (χ1) is 7.88. The summed E-state index contributed by atoms with van der Waals surface area (Å²) in [6.45, 7) is 2.36. The van der Waals surface area contributed by atoms with Gasteiger partial charge >= 0.3 is 0 Å². The summed E-state index contributed by atoms with van der Waals surface area (Å²) in [5.74, 6) is -0.123. The third-order valence-electron chi connectivity index (χ3n) is 2.49. The van der Waals surface area contributed by atoms with Crippen molar-refractivity contribution in [2.75, 3.05) is 11.4 Å². The van der Waals surface area contributed by atoms with E-state index in [1.165, 1.54) is 35.2 Å². The smallest absolute Gasteiger partial charge is 0.294 e. The van der Waals surface area contributed by atoms with Gasteiger partial charge in [0, 0.05) is 18.3 Å². The Bertz CT molecular complexity index is 586. The maximum absolute atomic E-state index is 11.5. The first kappa shape index (κ1) is 11.8. The third-order valence-corrected chi connectivity index (χ3v) is 3.36. The highest BCUT2D eigenvalue weighted by Crippen LogP contribution is 2.22. The molecule has 1 aromatic carbocycles. The lowest BCUT2D eigenvalue weighted by molar-refractivity contribution is -0.113. The van der Waals surface area contributed by atoms with Gasteiger partial charge in [-0.15, -0.1) is 0 Å². The molecule has 0 spiro atoms. The molecule has 17 heavy (non-hydrogen) atoms. The molecule has 1 N–H and O–H groups in total. The van der Waals surface area contributed by atoms with Gasteiger partial charge in [-0.1, -0.05) is 0 Å². The molecular formula is C11H11NO4S. The van der Waals surface area contributed by atoms with Crippen LogP contribution in [0.2, 0.25) is 0 Å². The first-order valence-electron chi connectivity index (χ1n) is 4.94. The summed E-state index contributed by atoms with van der Waals surface area (Å²) in [6, 6.07) is 5.53. The maximum atomic E-state index is 11.5. The number of hydrogen-bond acceptors (Lipinski definition) is 3. The van der Waals surface area contributed by atoms with Crippen LogP contribution in [0.3, 0.4) is 0 Å². The van der Waals surface area contributed by atoms with Gasteiger partial charge in [0.2, 0.25) is 0 Å². The number of carbonyl (C=O) groups is 1. The maximum Gasteiger partial charge on any atom is 0.294 e. The quantitative estimate of drug-likeness (QED) is 0.804. The van der Waals surface area contributed by atoms with Crippen molar-refractivity contribution in [1.82, 2.24) is 0 Å². The predicted octanol–water partition coefficient (Wildman–Crippen LogP) is 1.23. The van der Waals surface area contributed by atoms with Crippen LogP contribution in [0.25, 0.3) is 0 Å². The van der Waals surface area contributed by atoms with Crippen LogP contribution in [0.5, 0.6) is 0 Å². The molecule has 2 rings (SSSR count). The van der Waals surface area contributed by atoms with Crippen molar-refractivity contribution >= 4 is 21.7 Å². The Morgan fingerprint density at radius 3 is 2.24 bits per heavy atom. The Hall–Kier alpha value is -1.66. The van der Waals surface area contributed by atoms with Gasteiger partial charge < -0.3 is 4.90 Å². The summed E-state index contributed by atoms with van der Waals surface area (Å²) in [5.41, 5.74) is 1.56. The number of anilines is 1. The number of benzene rings is 1. The average molecular weight is 253 g/mol. The molecule has 6 heteroatoms. The van der Waals surface area contributed by atoms with E-state index in [4.69, 9.17) is 4.55 Å². The molecule has 1 aliphatic rings. The highest BCUT2D eigenvalue weighted by atomic mass is 32.2. The molecule has 1 aliphatic heterocycles. The summed E-state index contributed by atoms with van der Waals surface area (Å²) < 4.78 is 30.5. The molecule has 0 unspecified atom stereocenters. The van der Waals surface area contributed by atoms with Crippen molar-refractivity contribution in [3.05, 3.63) is 35.9 Å². The van der Waals surface area contributed by atoms with E-state index in [0.29, 0.717) is 12.2 Å². The van der Waals surface area contributed by atoms with Gasteiger partial charge in [-0.25, -0.2) is 0 Å². The third kappa shape index (κ3) is 2.37. The fraction of sp³-hybridized carbons (Fsp3) is 0.182. The van der Waals surface area contributed by atoms with E-state index in [9.17, 15) is 13.2 Å². The zero-order chi connectivity index (χ0) is 12.6. The Morgan fingerprint density at radius 2 is 1.82 bits per heavy atom. The van der Waals surface area contributed by atoms with Crippen molar-refractivity contribution in [3.8, 4) is 0 Å².